The lowest BCUT2D eigenvalue weighted by molar-refractivity contribution is -0.141. The highest BCUT2D eigenvalue weighted by molar-refractivity contribution is 7.98. The first kappa shape index (κ1) is 54.4. The van der Waals surface area contributed by atoms with Crippen molar-refractivity contribution in [1.29, 1.82) is 0 Å². The van der Waals surface area contributed by atoms with E-state index in [1.807, 2.05) is 0 Å². The molecule has 7 unspecified atom stereocenters. The number of phenols is 1. The second-order valence-electron chi connectivity index (χ2n) is 15.1. The van der Waals surface area contributed by atoms with Crippen molar-refractivity contribution in [2.45, 2.75) is 95.0 Å². The molecule has 2 aromatic rings. The van der Waals surface area contributed by atoms with Gasteiger partial charge < -0.3 is 64.0 Å². The number of hydrogen-bond acceptors (Lipinski definition) is 13. The third-order valence-corrected chi connectivity index (χ3v) is 10.5. The van der Waals surface area contributed by atoms with E-state index in [0.29, 0.717) is 23.3 Å². The molecule has 0 aromatic heterocycles. The van der Waals surface area contributed by atoms with Crippen LogP contribution >= 0.6 is 11.8 Å². The SMILES string of the molecule is CCC(C)C(NC(=O)C(Cc1ccc(O)cc1)NC(=O)C(N)CC(=O)O)C(=O)NC(CCC(N)=O)C(=O)NCC(=O)NC(CCSC)C(=O)NCC(=O)NC(Cc1ccccc1)C(=O)O. The number of carbonyl (C=O) groups excluding carboxylic acids is 8. The van der Waals surface area contributed by atoms with Gasteiger partial charge in [-0.15, -0.1) is 0 Å². The first-order chi connectivity index (χ1) is 30.7. The number of amides is 8. The first-order valence-electron chi connectivity index (χ1n) is 20.6. The summed E-state index contributed by atoms with van der Waals surface area (Å²) in [6.07, 6.45) is 0.561. The van der Waals surface area contributed by atoms with Crippen LogP contribution < -0.4 is 48.7 Å². The topological polar surface area (TPSA) is 368 Å². The van der Waals surface area contributed by atoms with E-state index in [0.717, 1.165) is 0 Å². The van der Waals surface area contributed by atoms with E-state index in [-0.39, 0.29) is 37.9 Å². The molecule has 0 spiro atoms. The Morgan fingerprint density at radius 3 is 1.69 bits per heavy atom. The number of primary amides is 1. The molecule has 0 radical (unpaired) electrons. The summed E-state index contributed by atoms with van der Waals surface area (Å²) in [5.41, 5.74) is 12.2. The van der Waals surface area contributed by atoms with E-state index < -0.39 is 121 Å². The van der Waals surface area contributed by atoms with Crippen molar-refractivity contribution in [3.63, 3.8) is 0 Å². The van der Waals surface area contributed by atoms with Crippen molar-refractivity contribution >= 4 is 71.0 Å². The van der Waals surface area contributed by atoms with Crippen LogP contribution in [0.5, 0.6) is 5.75 Å². The highest BCUT2D eigenvalue weighted by Crippen LogP contribution is 2.14. The molecular formula is C42H59N9O13S. The smallest absolute Gasteiger partial charge is 0.326 e. The second kappa shape index (κ2) is 28.1. The maximum atomic E-state index is 13.8. The molecule has 0 fully saturated rings. The van der Waals surface area contributed by atoms with E-state index in [2.05, 4.69) is 37.2 Å². The monoisotopic (exact) mass is 929 g/mol. The van der Waals surface area contributed by atoms with Crippen LogP contribution in [-0.4, -0.2) is 136 Å². The summed E-state index contributed by atoms with van der Waals surface area (Å²) in [5, 5.41) is 45.5. The first-order valence-corrected chi connectivity index (χ1v) is 22.0. The molecule has 0 aliphatic carbocycles. The molecule has 22 nitrogen and oxygen atoms in total. The van der Waals surface area contributed by atoms with Gasteiger partial charge in [0.1, 0.15) is 36.0 Å². The molecule has 0 bridgehead atoms. The molecular weight excluding hydrogens is 871 g/mol. The van der Waals surface area contributed by atoms with E-state index in [4.69, 9.17) is 16.6 Å². The normalized spacial score (nSPS) is 14.0. The molecule has 7 atom stereocenters. The Morgan fingerprint density at radius 2 is 1.17 bits per heavy atom. The quantitative estimate of drug-likeness (QED) is 0.0411. The van der Waals surface area contributed by atoms with Crippen LogP contribution in [0, 0.1) is 5.92 Å². The highest BCUT2D eigenvalue weighted by Gasteiger charge is 2.34. The summed E-state index contributed by atoms with van der Waals surface area (Å²) in [4.78, 5) is 127. The maximum absolute atomic E-state index is 13.8. The van der Waals surface area contributed by atoms with Gasteiger partial charge in [0.2, 0.25) is 47.3 Å². The van der Waals surface area contributed by atoms with Crippen molar-refractivity contribution in [3.8, 4) is 5.75 Å². The predicted molar refractivity (Wildman–Crippen MR) is 236 cm³/mol. The van der Waals surface area contributed by atoms with Gasteiger partial charge in [-0.3, -0.25) is 43.2 Å². The molecule has 356 valence electrons. The molecule has 8 amide bonds. The third-order valence-electron chi connectivity index (χ3n) is 9.87. The standard InChI is InChI=1S/C42H59N9O13S/c1-4-23(2)36(51-40(61)30(18-25-10-12-26(52)13-11-25)50-37(58)27(43)20-35(56)57)41(62)49-28(14-15-32(44)53)38(59)45-21-33(54)47-29(16-17-65-3)39(60)46-22-34(55)48-31(42(63)64)19-24-8-6-5-7-9-24/h5-13,23,27-31,36,52H,4,14-22,43H2,1-3H3,(H2,44,53)(H,45,59)(H,46,60)(H,47,54)(H,48,55)(H,49,62)(H,50,58)(H,51,61)(H,56,57)(H,63,64). The number of benzene rings is 2. The van der Waals surface area contributed by atoms with Crippen molar-refractivity contribution in [2.75, 3.05) is 25.1 Å². The molecule has 0 heterocycles. The number of phenolic OH excluding ortho intramolecular Hbond substituents is 1. The Morgan fingerprint density at radius 1 is 0.646 bits per heavy atom. The largest absolute Gasteiger partial charge is 0.508 e. The molecule has 65 heavy (non-hydrogen) atoms. The van der Waals surface area contributed by atoms with E-state index in [9.17, 15) is 58.2 Å². The molecule has 0 saturated carbocycles. The lowest BCUT2D eigenvalue weighted by atomic mass is 9.96. The average Bonchev–Trinajstić information content (AvgIpc) is 3.26. The fraction of sp³-hybridized carbons (Fsp3) is 0.476. The number of carboxylic acid groups (broad SMARTS) is 2. The highest BCUT2D eigenvalue weighted by atomic mass is 32.2. The number of carbonyl (C=O) groups is 10. The summed E-state index contributed by atoms with van der Waals surface area (Å²) in [6, 6.07) is 6.05. The van der Waals surface area contributed by atoms with Crippen LogP contribution in [0.15, 0.2) is 54.6 Å². The van der Waals surface area contributed by atoms with Gasteiger partial charge in [0.05, 0.1) is 25.6 Å². The van der Waals surface area contributed by atoms with Crippen molar-refractivity contribution in [3.05, 3.63) is 65.7 Å². The minimum Gasteiger partial charge on any atom is -0.508 e. The van der Waals surface area contributed by atoms with E-state index in [1.165, 1.54) is 36.0 Å². The fourth-order valence-electron chi connectivity index (χ4n) is 6.04. The van der Waals surface area contributed by atoms with Crippen LogP contribution in [0.3, 0.4) is 0 Å². The minimum absolute atomic E-state index is 0.00481. The van der Waals surface area contributed by atoms with Crippen LogP contribution in [0.2, 0.25) is 0 Å². The summed E-state index contributed by atoms with van der Waals surface area (Å²) >= 11 is 1.36. The number of thioether (sulfide) groups is 1. The van der Waals surface area contributed by atoms with Crippen LogP contribution in [0.4, 0.5) is 0 Å². The molecule has 14 N–H and O–H groups in total. The molecule has 0 aliphatic heterocycles. The minimum atomic E-state index is -1.52. The van der Waals surface area contributed by atoms with Crippen molar-refractivity contribution in [2.24, 2.45) is 17.4 Å². The van der Waals surface area contributed by atoms with Gasteiger partial charge in [0.25, 0.3) is 0 Å². The number of nitrogens with one attached hydrogen (secondary N) is 7. The molecule has 0 aliphatic rings. The maximum Gasteiger partial charge on any atom is 0.326 e. The van der Waals surface area contributed by atoms with Gasteiger partial charge in [-0.05, 0) is 54.0 Å². The van der Waals surface area contributed by atoms with Gasteiger partial charge >= 0.3 is 11.9 Å². The van der Waals surface area contributed by atoms with Gasteiger partial charge in [0, 0.05) is 19.3 Å². The van der Waals surface area contributed by atoms with E-state index in [1.54, 1.807) is 50.4 Å². The Labute approximate surface area is 379 Å². The van der Waals surface area contributed by atoms with Gasteiger partial charge in [-0.2, -0.15) is 11.8 Å². The summed E-state index contributed by atoms with van der Waals surface area (Å²) in [5.74, 6) is -9.78. The number of aromatic hydroxyl groups is 1. The fourth-order valence-corrected chi connectivity index (χ4v) is 6.51. The Hall–Kier alpha value is -6.75. The number of carboxylic acids is 2. The van der Waals surface area contributed by atoms with Crippen LogP contribution in [0.1, 0.15) is 57.1 Å². The van der Waals surface area contributed by atoms with E-state index >= 15 is 0 Å². The number of nitrogens with two attached hydrogens (primary N) is 2. The molecule has 2 aromatic carbocycles. The molecule has 2 rings (SSSR count). The third kappa shape index (κ3) is 20.5. The van der Waals surface area contributed by atoms with Crippen LogP contribution in [0.25, 0.3) is 0 Å². The Balaban J connectivity index is 2.16. The lowest BCUT2D eigenvalue weighted by Crippen LogP contribution is -2.60. The zero-order chi connectivity index (χ0) is 48.6. The predicted octanol–water partition coefficient (Wildman–Crippen LogP) is -2.21. The number of hydrogen-bond donors (Lipinski definition) is 12. The summed E-state index contributed by atoms with van der Waals surface area (Å²) < 4.78 is 0. The van der Waals surface area contributed by atoms with Gasteiger partial charge in [-0.25, -0.2) is 4.79 Å². The Bertz CT molecular complexity index is 1970. The molecule has 23 heteroatoms. The van der Waals surface area contributed by atoms with Crippen LogP contribution in [-0.2, 0) is 60.8 Å². The zero-order valence-electron chi connectivity index (χ0n) is 36.3. The second-order valence-corrected chi connectivity index (χ2v) is 16.0. The number of aliphatic carboxylic acids is 2. The molecule has 0 saturated heterocycles. The Kier molecular flexibility index (Phi) is 23.5. The average molecular weight is 930 g/mol. The van der Waals surface area contributed by atoms with Gasteiger partial charge in [0.15, 0.2) is 0 Å². The number of rotatable bonds is 29. The van der Waals surface area contributed by atoms with Crippen molar-refractivity contribution < 1.29 is 63.3 Å². The summed E-state index contributed by atoms with van der Waals surface area (Å²) in [6.45, 7) is 2.03. The summed E-state index contributed by atoms with van der Waals surface area (Å²) in [7, 11) is 0. The van der Waals surface area contributed by atoms with Crippen molar-refractivity contribution in [1.82, 2.24) is 37.2 Å². The van der Waals surface area contributed by atoms with Gasteiger partial charge in [-0.1, -0.05) is 62.7 Å². The lowest BCUT2D eigenvalue weighted by Gasteiger charge is -2.28. The zero-order valence-corrected chi connectivity index (χ0v) is 37.1.